The van der Waals surface area contributed by atoms with E-state index in [4.69, 9.17) is 10.5 Å². The number of amides is 1. The molecule has 0 aromatic heterocycles. The van der Waals surface area contributed by atoms with Crippen molar-refractivity contribution in [3.8, 4) is 5.75 Å². The van der Waals surface area contributed by atoms with Gasteiger partial charge in [-0.15, -0.1) is 0 Å². The first-order valence-electron chi connectivity index (χ1n) is 7.01. The zero-order valence-electron chi connectivity index (χ0n) is 11.1. The number of carbonyl (C=O) groups is 1. The summed E-state index contributed by atoms with van der Waals surface area (Å²) in [6.07, 6.45) is 6.08. The van der Waals surface area contributed by atoms with Crippen molar-refractivity contribution < 1.29 is 9.53 Å². The van der Waals surface area contributed by atoms with Gasteiger partial charge in [-0.25, -0.2) is 0 Å². The lowest BCUT2D eigenvalue weighted by molar-refractivity contribution is -0.118. The van der Waals surface area contributed by atoms with E-state index >= 15 is 0 Å². The number of fused-ring (bicyclic) bond motifs is 1. The van der Waals surface area contributed by atoms with Gasteiger partial charge in [0.2, 0.25) is 0 Å². The predicted molar refractivity (Wildman–Crippen MR) is 74.4 cm³/mol. The molecule has 0 bridgehead atoms. The van der Waals surface area contributed by atoms with Crippen LogP contribution in [-0.4, -0.2) is 19.1 Å². The second kappa shape index (κ2) is 4.85. The smallest absolute Gasteiger partial charge is 0.262 e. The van der Waals surface area contributed by atoms with Crippen LogP contribution in [0.15, 0.2) is 18.2 Å². The maximum atomic E-state index is 11.3. The van der Waals surface area contributed by atoms with Crippen LogP contribution >= 0.6 is 0 Å². The van der Waals surface area contributed by atoms with E-state index in [1.165, 1.54) is 24.8 Å². The van der Waals surface area contributed by atoms with Crippen molar-refractivity contribution in [1.29, 1.82) is 0 Å². The lowest BCUT2D eigenvalue weighted by Gasteiger charge is -2.37. The SMILES string of the molecule is NCC1(c2ccc3c(c2)OCC(=O)N3)CCCCC1. The van der Waals surface area contributed by atoms with Crippen molar-refractivity contribution in [2.45, 2.75) is 37.5 Å². The predicted octanol–water partition coefficient (Wildman–Crippen LogP) is 2.18. The highest BCUT2D eigenvalue weighted by molar-refractivity contribution is 5.95. The Morgan fingerprint density at radius 2 is 2.05 bits per heavy atom. The average Bonchev–Trinajstić information content (AvgIpc) is 2.47. The molecule has 2 aliphatic rings. The molecular weight excluding hydrogens is 240 g/mol. The summed E-state index contributed by atoms with van der Waals surface area (Å²) in [7, 11) is 0. The van der Waals surface area contributed by atoms with E-state index in [0.29, 0.717) is 6.54 Å². The molecule has 4 heteroatoms. The zero-order valence-corrected chi connectivity index (χ0v) is 11.1. The molecule has 4 nitrogen and oxygen atoms in total. The lowest BCUT2D eigenvalue weighted by Crippen LogP contribution is -2.37. The van der Waals surface area contributed by atoms with Crippen molar-refractivity contribution in [3.05, 3.63) is 23.8 Å². The third-order valence-electron chi connectivity index (χ3n) is 4.43. The zero-order chi connectivity index (χ0) is 13.3. The Morgan fingerprint density at radius 1 is 1.26 bits per heavy atom. The molecule has 0 radical (unpaired) electrons. The molecule has 3 rings (SSSR count). The van der Waals surface area contributed by atoms with Gasteiger partial charge in [0.1, 0.15) is 5.75 Å². The van der Waals surface area contributed by atoms with Gasteiger partial charge in [0.25, 0.3) is 5.91 Å². The molecule has 1 saturated carbocycles. The standard InChI is InChI=1S/C15H20N2O2/c16-10-15(6-2-1-3-7-15)11-4-5-12-13(8-11)19-9-14(18)17-12/h4-5,8H,1-3,6-7,9-10,16H2,(H,17,18). The monoisotopic (exact) mass is 260 g/mol. The van der Waals surface area contributed by atoms with Crippen molar-refractivity contribution in [2.24, 2.45) is 5.73 Å². The van der Waals surface area contributed by atoms with Crippen LogP contribution in [0.1, 0.15) is 37.7 Å². The van der Waals surface area contributed by atoms with Crippen LogP contribution in [0.25, 0.3) is 0 Å². The van der Waals surface area contributed by atoms with Crippen molar-refractivity contribution in [1.82, 2.24) is 0 Å². The van der Waals surface area contributed by atoms with Crippen LogP contribution in [0, 0.1) is 0 Å². The highest BCUT2D eigenvalue weighted by Gasteiger charge is 2.33. The second-order valence-corrected chi connectivity index (χ2v) is 5.59. The van der Waals surface area contributed by atoms with Crippen LogP contribution in [0.4, 0.5) is 5.69 Å². The first-order valence-corrected chi connectivity index (χ1v) is 7.01. The number of nitrogens with two attached hydrogens (primary N) is 1. The number of benzene rings is 1. The lowest BCUT2D eigenvalue weighted by atomic mass is 9.69. The van der Waals surface area contributed by atoms with E-state index < -0.39 is 0 Å². The first-order chi connectivity index (χ1) is 9.23. The molecular formula is C15H20N2O2. The molecule has 1 heterocycles. The van der Waals surface area contributed by atoms with Gasteiger partial charge in [0.05, 0.1) is 5.69 Å². The van der Waals surface area contributed by atoms with Crippen LogP contribution in [0.2, 0.25) is 0 Å². The van der Waals surface area contributed by atoms with Gasteiger partial charge in [-0.05, 0) is 30.5 Å². The maximum Gasteiger partial charge on any atom is 0.262 e. The summed E-state index contributed by atoms with van der Waals surface area (Å²) in [5.74, 6) is 0.682. The third-order valence-corrected chi connectivity index (χ3v) is 4.43. The maximum absolute atomic E-state index is 11.3. The van der Waals surface area contributed by atoms with E-state index in [-0.39, 0.29) is 17.9 Å². The van der Waals surface area contributed by atoms with Crippen molar-refractivity contribution in [2.75, 3.05) is 18.5 Å². The molecule has 0 atom stereocenters. The highest BCUT2D eigenvalue weighted by atomic mass is 16.5. The molecule has 1 aromatic carbocycles. The quantitative estimate of drug-likeness (QED) is 0.856. The Morgan fingerprint density at radius 3 is 2.79 bits per heavy atom. The van der Waals surface area contributed by atoms with E-state index in [1.54, 1.807) is 0 Å². The minimum Gasteiger partial charge on any atom is -0.482 e. The number of nitrogens with one attached hydrogen (secondary N) is 1. The molecule has 0 unspecified atom stereocenters. The van der Waals surface area contributed by atoms with E-state index in [9.17, 15) is 4.79 Å². The molecule has 1 aliphatic heterocycles. The Hall–Kier alpha value is -1.55. The van der Waals surface area contributed by atoms with E-state index in [0.717, 1.165) is 24.3 Å². The Balaban J connectivity index is 1.94. The summed E-state index contributed by atoms with van der Waals surface area (Å²) < 4.78 is 5.50. The highest BCUT2D eigenvalue weighted by Crippen LogP contribution is 2.41. The van der Waals surface area contributed by atoms with E-state index in [1.807, 2.05) is 6.07 Å². The normalized spacial score (nSPS) is 21.2. The van der Waals surface area contributed by atoms with Gasteiger partial charge in [0.15, 0.2) is 6.61 Å². The summed E-state index contributed by atoms with van der Waals surface area (Å²) in [6, 6.07) is 6.09. The fourth-order valence-electron chi connectivity index (χ4n) is 3.24. The molecule has 1 amide bonds. The summed E-state index contributed by atoms with van der Waals surface area (Å²) in [4.78, 5) is 11.3. The summed E-state index contributed by atoms with van der Waals surface area (Å²) >= 11 is 0. The molecule has 0 saturated heterocycles. The van der Waals surface area contributed by atoms with E-state index in [2.05, 4.69) is 17.4 Å². The molecule has 1 aliphatic carbocycles. The fourth-order valence-corrected chi connectivity index (χ4v) is 3.24. The second-order valence-electron chi connectivity index (χ2n) is 5.59. The Kier molecular flexibility index (Phi) is 3.19. The minimum absolute atomic E-state index is 0.0912. The number of carbonyl (C=O) groups excluding carboxylic acids is 1. The number of hydrogen-bond acceptors (Lipinski definition) is 3. The van der Waals surface area contributed by atoms with Gasteiger partial charge in [0, 0.05) is 12.0 Å². The number of ether oxygens (including phenoxy) is 1. The largest absolute Gasteiger partial charge is 0.482 e. The molecule has 1 aromatic rings. The first kappa shape index (κ1) is 12.5. The van der Waals surface area contributed by atoms with Gasteiger partial charge in [-0.3, -0.25) is 4.79 Å². The van der Waals surface area contributed by atoms with Crippen LogP contribution in [0.3, 0.4) is 0 Å². The molecule has 102 valence electrons. The Labute approximate surface area is 113 Å². The summed E-state index contributed by atoms with van der Waals surface area (Å²) in [6.45, 7) is 0.782. The van der Waals surface area contributed by atoms with Crippen LogP contribution in [-0.2, 0) is 10.2 Å². The van der Waals surface area contributed by atoms with Crippen LogP contribution < -0.4 is 15.8 Å². The average molecular weight is 260 g/mol. The van der Waals surface area contributed by atoms with Gasteiger partial charge in [-0.2, -0.15) is 0 Å². The van der Waals surface area contributed by atoms with Crippen molar-refractivity contribution >= 4 is 11.6 Å². The minimum atomic E-state index is -0.0912. The van der Waals surface area contributed by atoms with Crippen molar-refractivity contribution in [3.63, 3.8) is 0 Å². The molecule has 0 spiro atoms. The third kappa shape index (κ3) is 2.21. The van der Waals surface area contributed by atoms with Gasteiger partial charge >= 0.3 is 0 Å². The van der Waals surface area contributed by atoms with Gasteiger partial charge < -0.3 is 15.8 Å². The topological polar surface area (TPSA) is 64.3 Å². The number of hydrogen-bond donors (Lipinski definition) is 2. The number of anilines is 1. The fraction of sp³-hybridized carbons (Fsp3) is 0.533. The van der Waals surface area contributed by atoms with Gasteiger partial charge in [-0.1, -0.05) is 25.3 Å². The molecule has 19 heavy (non-hydrogen) atoms. The molecule has 3 N–H and O–H groups in total. The van der Waals surface area contributed by atoms with Crippen LogP contribution in [0.5, 0.6) is 5.75 Å². The molecule has 1 fully saturated rings. The summed E-state index contributed by atoms with van der Waals surface area (Å²) in [5.41, 5.74) is 8.17. The summed E-state index contributed by atoms with van der Waals surface area (Å²) in [5, 5.41) is 2.83. The number of rotatable bonds is 2. The Bertz CT molecular complexity index is 493.